The Morgan fingerprint density at radius 2 is 2.29 bits per heavy atom. The van der Waals surface area contributed by atoms with E-state index in [9.17, 15) is 9.59 Å². The van der Waals surface area contributed by atoms with Gasteiger partial charge in [0.25, 0.3) is 11.5 Å². The lowest BCUT2D eigenvalue weighted by molar-refractivity contribution is 0.0957. The first kappa shape index (κ1) is 15.2. The van der Waals surface area contributed by atoms with E-state index in [0.29, 0.717) is 11.4 Å². The summed E-state index contributed by atoms with van der Waals surface area (Å²) in [4.78, 5) is 26.7. The van der Waals surface area contributed by atoms with E-state index in [0.717, 1.165) is 17.1 Å². The number of carbonyl (C=O) groups is 1. The van der Waals surface area contributed by atoms with Gasteiger partial charge in [-0.25, -0.2) is 10.5 Å². The quantitative estimate of drug-likeness (QED) is 0.474. The zero-order chi connectivity index (χ0) is 15.4. The minimum absolute atomic E-state index is 0.175. The first-order chi connectivity index (χ1) is 10.0. The first-order valence-electron chi connectivity index (χ1n) is 6.43. The van der Waals surface area contributed by atoms with Crippen molar-refractivity contribution < 1.29 is 4.79 Å². The van der Waals surface area contributed by atoms with Crippen LogP contribution >= 0.6 is 11.3 Å². The van der Waals surface area contributed by atoms with Gasteiger partial charge < -0.3 is 4.90 Å². The van der Waals surface area contributed by atoms with Gasteiger partial charge in [0.2, 0.25) is 0 Å². The Kier molecular flexibility index (Phi) is 4.71. The molecule has 0 aliphatic rings. The molecule has 112 valence electrons. The molecule has 2 rings (SSSR count). The highest BCUT2D eigenvalue weighted by Gasteiger charge is 2.09. The molecular weight excluding hydrogens is 290 g/mol. The number of hydrazine groups is 1. The number of rotatable bonds is 5. The van der Waals surface area contributed by atoms with E-state index in [1.54, 1.807) is 24.4 Å². The van der Waals surface area contributed by atoms with Crippen LogP contribution in [-0.4, -0.2) is 29.3 Å². The second-order valence-corrected chi connectivity index (χ2v) is 5.63. The van der Waals surface area contributed by atoms with Gasteiger partial charge in [-0.1, -0.05) is 0 Å². The fourth-order valence-electron chi connectivity index (χ4n) is 1.74. The summed E-state index contributed by atoms with van der Waals surface area (Å²) in [6.07, 6.45) is 1.66. The number of hydrogen-bond donors (Lipinski definition) is 2. The van der Waals surface area contributed by atoms with Crippen LogP contribution in [0, 0.1) is 0 Å². The molecule has 0 bridgehead atoms. The number of nitrogen functional groups attached to an aromatic ring is 1. The summed E-state index contributed by atoms with van der Waals surface area (Å²) >= 11 is 1.28. The molecule has 8 heteroatoms. The van der Waals surface area contributed by atoms with Crippen molar-refractivity contribution in [3.05, 3.63) is 44.5 Å². The zero-order valence-corrected chi connectivity index (χ0v) is 12.7. The van der Waals surface area contributed by atoms with Gasteiger partial charge in [-0.15, -0.1) is 11.3 Å². The highest BCUT2D eigenvalue weighted by Crippen LogP contribution is 2.17. The van der Waals surface area contributed by atoms with Crippen LogP contribution in [0.5, 0.6) is 0 Å². The third kappa shape index (κ3) is 3.47. The summed E-state index contributed by atoms with van der Waals surface area (Å²) in [5, 5.41) is 4.16. The van der Waals surface area contributed by atoms with Crippen molar-refractivity contribution in [1.29, 1.82) is 0 Å². The van der Waals surface area contributed by atoms with Crippen LogP contribution in [-0.2, 0) is 6.54 Å². The zero-order valence-electron chi connectivity index (χ0n) is 11.9. The smallest absolute Gasteiger partial charge is 0.275 e. The van der Waals surface area contributed by atoms with Crippen molar-refractivity contribution in [2.24, 2.45) is 5.84 Å². The molecule has 0 fully saturated rings. The number of nitrogens with one attached hydrogen (secondary N) is 1. The molecular formula is C13H17N5O2S. The van der Waals surface area contributed by atoms with Crippen molar-refractivity contribution in [2.75, 3.05) is 18.5 Å². The molecule has 1 amide bonds. The lowest BCUT2D eigenvalue weighted by Gasteiger charge is -2.16. The maximum atomic E-state index is 12.0. The predicted molar refractivity (Wildman–Crippen MR) is 82.5 cm³/mol. The highest BCUT2D eigenvalue weighted by molar-refractivity contribution is 7.14. The molecule has 0 saturated heterocycles. The molecule has 3 N–H and O–H groups in total. The molecule has 0 unspecified atom stereocenters. The standard InChI is InChI=1S/C13H17N5O2S/c1-3-17(2)9-6-12(19)18(15-7-9)8-10-4-5-11(21-10)13(20)16-14/h4-7H,3,8,14H2,1-2H3,(H,16,20). The minimum atomic E-state index is -0.341. The second kappa shape index (κ2) is 6.51. The van der Waals surface area contributed by atoms with E-state index < -0.39 is 0 Å². The van der Waals surface area contributed by atoms with Crippen molar-refractivity contribution in [1.82, 2.24) is 15.2 Å². The third-order valence-electron chi connectivity index (χ3n) is 3.09. The van der Waals surface area contributed by atoms with Gasteiger partial charge in [0, 0.05) is 24.5 Å². The number of aromatic nitrogens is 2. The molecule has 0 aromatic carbocycles. The van der Waals surface area contributed by atoms with Crippen LogP contribution in [0.1, 0.15) is 21.5 Å². The number of nitrogens with zero attached hydrogens (tertiary/aromatic N) is 3. The molecule has 7 nitrogen and oxygen atoms in total. The van der Waals surface area contributed by atoms with Gasteiger partial charge in [0.05, 0.1) is 23.3 Å². The molecule has 2 aromatic rings. The molecule has 0 aliphatic carbocycles. The molecule has 0 aliphatic heterocycles. The van der Waals surface area contributed by atoms with Gasteiger partial charge >= 0.3 is 0 Å². The third-order valence-corrected chi connectivity index (χ3v) is 4.16. The number of anilines is 1. The van der Waals surface area contributed by atoms with Crippen LogP contribution in [0.2, 0.25) is 0 Å². The number of amides is 1. The number of nitrogens with two attached hydrogens (primary N) is 1. The molecule has 0 atom stereocenters. The Balaban J connectivity index is 2.18. The normalized spacial score (nSPS) is 10.4. The topological polar surface area (TPSA) is 93.2 Å². The van der Waals surface area contributed by atoms with Gasteiger partial charge in [0.1, 0.15) is 0 Å². The minimum Gasteiger partial charge on any atom is -0.373 e. The van der Waals surface area contributed by atoms with E-state index >= 15 is 0 Å². The summed E-state index contributed by atoms with van der Waals surface area (Å²) in [5.74, 6) is 4.74. The largest absolute Gasteiger partial charge is 0.373 e. The van der Waals surface area contributed by atoms with Crippen molar-refractivity contribution >= 4 is 22.9 Å². The highest BCUT2D eigenvalue weighted by atomic mass is 32.1. The Labute approximate surface area is 126 Å². The Morgan fingerprint density at radius 1 is 1.52 bits per heavy atom. The number of thiophene rings is 1. The summed E-state index contributed by atoms with van der Waals surface area (Å²) < 4.78 is 1.36. The van der Waals surface area contributed by atoms with Crippen LogP contribution in [0.3, 0.4) is 0 Å². The number of carbonyl (C=O) groups excluding carboxylic acids is 1. The van der Waals surface area contributed by atoms with E-state index in [1.165, 1.54) is 16.0 Å². The van der Waals surface area contributed by atoms with Gasteiger partial charge in [0.15, 0.2) is 0 Å². The summed E-state index contributed by atoms with van der Waals surface area (Å²) in [5.41, 5.74) is 2.69. The fourth-order valence-corrected chi connectivity index (χ4v) is 2.63. The number of hydrogen-bond acceptors (Lipinski definition) is 6. The Hall–Kier alpha value is -2.19. The average molecular weight is 307 g/mol. The van der Waals surface area contributed by atoms with Crippen LogP contribution < -0.4 is 21.7 Å². The van der Waals surface area contributed by atoms with Crippen molar-refractivity contribution in [3.63, 3.8) is 0 Å². The van der Waals surface area contributed by atoms with E-state index in [1.807, 2.05) is 18.9 Å². The lowest BCUT2D eigenvalue weighted by atomic mass is 10.4. The van der Waals surface area contributed by atoms with Crippen molar-refractivity contribution in [2.45, 2.75) is 13.5 Å². The first-order valence-corrected chi connectivity index (χ1v) is 7.24. The molecule has 2 aromatic heterocycles. The predicted octanol–water partition coefficient (Wildman–Crippen LogP) is 0.413. The molecule has 0 saturated carbocycles. The Bertz CT molecular complexity index is 694. The SMILES string of the molecule is CCN(C)c1cnn(Cc2ccc(C(=O)NN)s2)c(=O)c1. The van der Waals surface area contributed by atoms with Gasteiger partial charge in [-0.2, -0.15) is 5.10 Å². The monoisotopic (exact) mass is 307 g/mol. The summed E-state index contributed by atoms with van der Waals surface area (Å²) in [6.45, 7) is 3.13. The molecule has 2 heterocycles. The second-order valence-electron chi connectivity index (χ2n) is 4.46. The Morgan fingerprint density at radius 3 is 2.90 bits per heavy atom. The average Bonchev–Trinajstić information content (AvgIpc) is 2.96. The molecule has 0 radical (unpaired) electrons. The van der Waals surface area contributed by atoms with Crippen LogP contribution in [0.15, 0.2) is 29.2 Å². The van der Waals surface area contributed by atoms with Gasteiger partial charge in [-0.3, -0.25) is 15.0 Å². The van der Waals surface area contributed by atoms with Crippen molar-refractivity contribution in [3.8, 4) is 0 Å². The van der Waals surface area contributed by atoms with E-state index in [-0.39, 0.29) is 11.5 Å². The molecule has 21 heavy (non-hydrogen) atoms. The molecule has 0 spiro atoms. The van der Waals surface area contributed by atoms with Crippen LogP contribution in [0.4, 0.5) is 5.69 Å². The maximum Gasteiger partial charge on any atom is 0.275 e. The van der Waals surface area contributed by atoms with Crippen LogP contribution in [0.25, 0.3) is 0 Å². The van der Waals surface area contributed by atoms with Gasteiger partial charge in [-0.05, 0) is 19.1 Å². The fraction of sp³-hybridized carbons (Fsp3) is 0.308. The summed E-state index contributed by atoms with van der Waals surface area (Å²) in [7, 11) is 1.90. The lowest BCUT2D eigenvalue weighted by Crippen LogP contribution is -2.29. The van der Waals surface area contributed by atoms with E-state index in [4.69, 9.17) is 5.84 Å². The maximum absolute atomic E-state index is 12.0. The van der Waals surface area contributed by atoms with E-state index in [2.05, 4.69) is 10.5 Å². The summed E-state index contributed by atoms with van der Waals surface area (Å²) in [6, 6.07) is 5.01.